The molecule has 0 aromatic carbocycles. The van der Waals surface area contributed by atoms with Crippen LogP contribution in [0.15, 0.2) is 24.3 Å². The van der Waals surface area contributed by atoms with Gasteiger partial charge in [-0.15, -0.1) is 0 Å². The zero-order chi connectivity index (χ0) is 34.3. The third-order valence-electron chi connectivity index (χ3n) is 9.68. The highest BCUT2D eigenvalue weighted by Gasteiger charge is 2.17. The molecule has 2 unspecified atom stereocenters. The minimum atomic E-state index is -0.837. The van der Waals surface area contributed by atoms with Gasteiger partial charge >= 0.3 is 0 Å². The molecule has 47 heavy (non-hydrogen) atoms. The van der Waals surface area contributed by atoms with Crippen LogP contribution in [0.5, 0.6) is 0 Å². The van der Waals surface area contributed by atoms with E-state index in [9.17, 15) is 15.0 Å². The van der Waals surface area contributed by atoms with E-state index in [2.05, 4.69) is 31.3 Å². The maximum atomic E-state index is 12.4. The Kier molecular flexibility index (Phi) is 38.4. The van der Waals surface area contributed by atoms with Crippen LogP contribution in [0.25, 0.3) is 0 Å². The van der Waals surface area contributed by atoms with E-state index in [-0.39, 0.29) is 12.5 Å². The van der Waals surface area contributed by atoms with Gasteiger partial charge in [0.15, 0.2) is 0 Å². The second-order valence-corrected chi connectivity index (χ2v) is 14.4. The van der Waals surface area contributed by atoms with E-state index in [4.69, 9.17) is 0 Å². The maximum absolute atomic E-state index is 12.4. The number of aliphatic hydroxyl groups is 2. The quantitative estimate of drug-likeness (QED) is 0.0455. The number of aliphatic hydroxyl groups excluding tert-OH is 2. The van der Waals surface area contributed by atoms with Gasteiger partial charge in [0.2, 0.25) is 5.91 Å². The van der Waals surface area contributed by atoms with Crippen molar-refractivity contribution in [1.29, 1.82) is 0 Å². The molecule has 0 saturated heterocycles. The predicted octanol–water partition coefficient (Wildman–Crippen LogP) is 12.8. The Morgan fingerprint density at radius 3 is 1.17 bits per heavy atom. The molecule has 0 aliphatic carbocycles. The number of carbonyl (C=O) groups is 1. The summed E-state index contributed by atoms with van der Waals surface area (Å²) in [6.45, 7) is 4.31. The van der Waals surface area contributed by atoms with Crippen molar-refractivity contribution in [2.45, 2.75) is 238 Å². The Morgan fingerprint density at radius 2 is 0.809 bits per heavy atom. The van der Waals surface area contributed by atoms with Gasteiger partial charge in [-0.1, -0.05) is 199 Å². The predicted molar refractivity (Wildman–Crippen MR) is 207 cm³/mol. The summed E-state index contributed by atoms with van der Waals surface area (Å²) in [5, 5.41) is 22.9. The van der Waals surface area contributed by atoms with E-state index in [0.29, 0.717) is 6.42 Å². The fourth-order valence-electron chi connectivity index (χ4n) is 6.41. The van der Waals surface area contributed by atoms with E-state index in [1.165, 1.54) is 180 Å². The van der Waals surface area contributed by atoms with E-state index in [1.807, 2.05) is 6.08 Å². The molecule has 1 amide bonds. The van der Waals surface area contributed by atoms with Gasteiger partial charge in [-0.2, -0.15) is 0 Å². The Hall–Kier alpha value is -1.13. The molecule has 278 valence electrons. The molecule has 0 aromatic rings. The van der Waals surface area contributed by atoms with Crippen LogP contribution >= 0.6 is 0 Å². The van der Waals surface area contributed by atoms with Crippen LogP contribution in [0.1, 0.15) is 226 Å². The third kappa shape index (κ3) is 36.0. The largest absolute Gasteiger partial charge is 0.394 e. The normalized spacial score (nSPS) is 13.2. The lowest BCUT2D eigenvalue weighted by molar-refractivity contribution is -0.123. The van der Waals surface area contributed by atoms with Crippen molar-refractivity contribution < 1.29 is 15.0 Å². The number of rotatable bonds is 38. The summed E-state index contributed by atoms with van der Waals surface area (Å²) >= 11 is 0. The molecular formula is C43H83NO3. The standard InChI is InChI=1S/C43H83NO3/c1-3-5-7-9-11-13-15-17-18-19-20-21-22-23-24-25-27-29-31-33-35-37-39-43(47)44-41(40-45)42(46)38-36-34-32-30-28-26-16-14-12-10-8-6-4-2/h22-23,36,38,41-42,45-46H,3-21,24-35,37,39-40H2,1-2H3,(H,44,47)/b23-22-,38-36+. The van der Waals surface area contributed by atoms with Gasteiger partial charge in [-0.3, -0.25) is 4.79 Å². The molecule has 0 rings (SSSR count). The maximum Gasteiger partial charge on any atom is 0.220 e. The Balaban J connectivity index is 3.55. The van der Waals surface area contributed by atoms with Crippen LogP contribution in [0.2, 0.25) is 0 Å². The van der Waals surface area contributed by atoms with E-state index >= 15 is 0 Å². The van der Waals surface area contributed by atoms with Crippen LogP contribution < -0.4 is 5.32 Å². The van der Waals surface area contributed by atoms with Crippen molar-refractivity contribution in [1.82, 2.24) is 5.32 Å². The van der Waals surface area contributed by atoms with Gasteiger partial charge in [0.1, 0.15) is 0 Å². The summed E-state index contributed by atoms with van der Waals surface area (Å²) in [6, 6.07) is -0.621. The molecule has 4 nitrogen and oxygen atoms in total. The fourth-order valence-corrected chi connectivity index (χ4v) is 6.41. The van der Waals surface area contributed by atoms with Gasteiger partial charge in [-0.05, 0) is 44.9 Å². The van der Waals surface area contributed by atoms with Gasteiger partial charge in [0, 0.05) is 6.42 Å². The first-order valence-corrected chi connectivity index (χ1v) is 21.1. The van der Waals surface area contributed by atoms with Gasteiger partial charge in [0.25, 0.3) is 0 Å². The zero-order valence-electron chi connectivity index (χ0n) is 31.8. The average Bonchev–Trinajstić information content (AvgIpc) is 3.07. The highest BCUT2D eigenvalue weighted by molar-refractivity contribution is 5.76. The molecule has 0 saturated carbocycles. The number of hydrogen-bond donors (Lipinski definition) is 3. The molecule has 0 aliphatic heterocycles. The Bertz CT molecular complexity index is 676. The number of carbonyl (C=O) groups excluding carboxylic acids is 1. The summed E-state index contributed by atoms with van der Waals surface area (Å²) in [5.41, 5.74) is 0. The smallest absolute Gasteiger partial charge is 0.220 e. The minimum Gasteiger partial charge on any atom is -0.394 e. The molecule has 0 bridgehead atoms. The van der Waals surface area contributed by atoms with Crippen molar-refractivity contribution in [3.63, 3.8) is 0 Å². The number of unbranched alkanes of at least 4 members (excludes halogenated alkanes) is 29. The number of hydrogen-bond acceptors (Lipinski definition) is 3. The first-order valence-electron chi connectivity index (χ1n) is 21.1. The molecule has 0 radical (unpaired) electrons. The van der Waals surface area contributed by atoms with Crippen molar-refractivity contribution in [3.05, 3.63) is 24.3 Å². The van der Waals surface area contributed by atoms with Crippen LogP contribution in [0, 0.1) is 0 Å². The van der Waals surface area contributed by atoms with Crippen molar-refractivity contribution in [2.75, 3.05) is 6.61 Å². The molecule has 2 atom stereocenters. The summed E-state index contributed by atoms with van der Waals surface area (Å²) in [7, 11) is 0. The molecule has 0 aromatic heterocycles. The van der Waals surface area contributed by atoms with Crippen LogP contribution in [-0.2, 0) is 4.79 Å². The number of allylic oxidation sites excluding steroid dienone is 3. The highest BCUT2D eigenvalue weighted by atomic mass is 16.3. The second-order valence-electron chi connectivity index (χ2n) is 14.4. The van der Waals surface area contributed by atoms with Crippen LogP contribution in [0.4, 0.5) is 0 Å². The minimum absolute atomic E-state index is 0.0678. The van der Waals surface area contributed by atoms with E-state index in [1.54, 1.807) is 6.08 Å². The lowest BCUT2D eigenvalue weighted by atomic mass is 10.0. The summed E-state index contributed by atoms with van der Waals surface area (Å²) in [4.78, 5) is 12.4. The van der Waals surface area contributed by atoms with Gasteiger partial charge < -0.3 is 15.5 Å². The summed E-state index contributed by atoms with van der Waals surface area (Å²) < 4.78 is 0. The first kappa shape index (κ1) is 45.9. The highest BCUT2D eigenvalue weighted by Crippen LogP contribution is 2.14. The number of nitrogens with one attached hydrogen (secondary N) is 1. The Morgan fingerprint density at radius 1 is 0.489 bits per heavy atom. The number of amides is 1. The van der Waals surface area contributed by atoms with Crippen molar-refractivity contribution in [2.24, 2.45) is 0 Å². The molecule has 0 spiro atoms. The molecular weight excluding hydrogens is 578 g/mol. The van der Waals surface area contributed by atoms with E-state index in [0.717, 1.165) is 25.7 Å². The monoisotopic (exact) mass is 662 g/mol. The zero-order valence-corrected chi connectivity index (χ0v) is 31.8. The molecule has 0 aliphatic rings. The molecule has 3 N–H and O–H groups in total. The fraction of sp³-hybridized carbons (Fsp3) is 0.884. The van der Waals surface area contributed by atoms with Crippen LogP contribution in [0.3, 0.4) is 0 Å². The molecule has 0 heterocycles. The topological polar surface area (TPSA) is 69.6 Å². The Labute approximate surface area is 294 Å². The first-order chi connectivity index (χ1) is 23.2. The second kappa shape index (κ2) is 39.3. The van der Waals surface area contributed by atoms with Crippen molar-refractivity contribution in [3.8, 4) is 0 Å². The van der Waals surface area contributed by atoms with Crippen LogP contribution in [-0.4, -0.2) is 34.9 Å². The lowest BCUT2D eigenvalue weighted by Gasteiger charge is -2.20. The summed E-state index contributed by atoms with van der Waals surface area (Å²) in [6.07, 6.45) is 49.9. The van der Waals surface area contributed by atoms with Crippen molar-refractivity contribution >= 4 is 5.91 Å². The lowest BCUT2D eigenvalue weighted by Crippen LogP contribution is -2.45. The average molecular weight is 662 g/mol. The van der Waals surface area contributed by atoms with Gasteiger partial charge in [-0.25, -0.2) is 0 Å². The molecule has 0 fully saturated rings. The van der Waals surface area contributed by atoms with Gasteiger partial charge in [0.05, 0.1) is 18.8 Å². The third-order valence-corrected chi connectivity index (χ3v) is 9.68. The molecule has 4 heteroatoms. The SMILES string of the molecule is CCCCCCCCCCCCC/C=C\CCCCCCCCCC(=O)NC(CO)C(O)/C=C/CCCCCCCCCCCCC. The summed E-state index contributed by atoms with van der Waals surface area (Å²) in [5.74, 6) is -0.0678. The van der Waals surface area contributed by atoms with E-state index < -0.39 is 12.1 Å².